The molecule has 2 heterocycles. The minimum absolute atomic E-state index is 0.110. The number of carbonyl (C=O) groups excluding carboxylic acids is 1. The SMILES string of the molecule is CC1CCCC(NC(=O)c2ccc(Cn3cccn3)o2)C1. The van der Waals surface area contributed by atoms with Gasteiger partial charge in [-0.15, -0.1) is 0 Å². The van der Waals surface area contributed by atoms with Gasteiger partial charge in [-0.05, 0) is 37.0 Å². The molecule has 1 aliphatic carbocycles. The van der Waals surface area contributed by atoms with Crippen molar-refractivity contribution < 1.29 is 9.21 Å². The summed E-state index contributed by atoms with van der Waals surface area (Å²) in [4.78, 5) is 12.2. The van der Waals surface area contributed by atoms with E-state index >= 15 is 0 Å². The molecule has 1 fully saturated rings. The number of furan rings is 1. The highest BCUT2D eigenvalue weighted by molar-refractivity contribution is 5.91. The van der Waals surface area contributed by atoms with Gasteiger partial charge in [-0.2, -0.15) is 5.10 Å². The Kier molecular flexibility index (Phi) is 4.08. The van der Waals surface area contributed by atoms with E-state index in [4.69, 9.17) is 4.42 Å². The molecular formula is C16H21N3O2. The van der Waals surface area contributed by atoms with Crippen LogP contribution in [0, 0.1) is 5.92 Å². The molecule has 2 aromatic heterocycles. The van der Waals surface area contributed by atoms with Gasteiger partial charge in [0.15, 0.2) is 5.76 Å². The van der Waals surface area contributed by atoms with Crippen LogP contribution in [0.4, 0.5) is 0 Å². The molecule has 112 valence electrons. The minimum Gasteiger partial charge on any atom is -0.454 e. The van der Waals surface area contributed by atoms with Crippen LogP contribution < -0.4 is 5.32 Å². The molecule has 0 spiro atoms. The van der Waals surface area contributed by atoms with Crippen molar-refractivity contribution in [3.05, 3.63) is 42.1 Å². The maximum atomic E-state index is 12.2. The number of carbonyl (C=O) groups is 1. The van der Waals surface area contributed by atoms with Gasteiger partial charge in [0.05, 0.1) is 6.54 Å². The highest BCUT2D eigenvalue weighted by atomic mass is 16.4. The van der Waals surface area contributed by atoms with Crippen LogP contribution in [-0.4, -0.2) is 21.7 Å². The number of amides is 1. The smallest absolute Gasteiger partial charge is 0.287 e. The molecule has 5 nitrogen and oxygen atoms in total. The van der Waals surface area contributed by atoms with Crippen LogP contribution in [0.2, 0.25) is 0 Å². The lowest BCUT2D eigenvalue weighted by Gasteiger charge is -2.27. The van der Waals surface area contributed by atoms with E-state index in [1.165, 1.54) is 12.8 Å². The fraction of sp³-hybridized carbons (Fsp3) is 0.500. The first-order valence-electron chi connectivity index (χ1n) is 7.57. The van der Waals surface area contributed by atoms with E-state index in [2.05, 4.69) is 17.3 Å². The number of hydrogen-bond acceptors (Lipinski definition) is 3. The summed E-state index contributed by atoms with van der Waals surface area (Å²) in [7, 11) is 0. The normalized spacial score (nSPS) is 22.1. The van der Waals surface area contributed by atoms with E-state index in [0.717, 1.165) is 18.6 Å². The first-order valence-corrected chi connectivity index (χ1v) is 7.57. The zero-order valence-corrected chi connectivity index (χ0v) is 12.3. The molecule has 2 unspecified atom stereocenters. The van der Waals surface area contributed by atoms with Crippen molar-refractivity contribution in [2.75, 3.05) is 0 Å². The fourth-order valence-electron chi connectivity index (χ4n) is 2.96. The van der Waals surface area contributed by atoms with Crippen molar-refractivity contribution in [3.63, 3.8) is 0 Å². The zero-order chi connectivity index (χ0) is 14.7. The summed E-state index contributed by atoms with van der Waals surface area (Å²) < 4.78 is 7.38. The lowest BCUT2D eigenvalue weighted by atomic mass is 9.87. The second kappa shape index (κ2) is 6.16. The average molecular weight is 287 g/mol. The van der Waals surface area contributed by atoms with E-state index in [0.29, 0.717) is 18.2 Å². The van der Waals surface area contributed by atoms with E-state index in [-0.39, 0.29) is 11.9 Å². The van der Waals surface area contributed by atoms with Gasteiger partial charge in [-0.25, -0.2) is 0 Å². The summed E-state index contributed by atoms with van der Waals surface area (Å²) in [6, 6.07) is 5.71. The molecule has 2 aromatic rings. The van der Waals surface area contributed by atoms with Crippen LogP contribution in [0.25, 0.3) is 0 Å². The molecule has 0 saturated heterocycles. The molecule has 0 aromatic carbocycles. The highest BCUT2D eigenvalue weighted by Gasteiger charge is 2.22. The van der Waals surface area contributed by atoms with Gasteiger partial charge >= 0.3 is 0 Å². The number of nitrogens with one attached hydrogen (secondary N) is 1. The lowest BCUT2D eigenvalue weighted by molar-refractivity contribution is 0.0891. The van der Waals surface area contributed by atoms with Crippen LogP contribution in [0.3, 0.4) is 0 Å². The topological polar surface area (TPSA) is 60.1 Å². The maximum Gasteiger partial charge on any atom is 0.287 e. The van der Waals surface area contributed by atoms with Gasteiger partial charge in [0, 0.05) is 18.4 Å². The van der Waals surface area contributed by atoms with Gasteiger partial charge in [-0.3, -0.25) is 9.48 Å². The molecule has 21 heavy (non-hydrogen) atoms. The summed E-state index contributed by atoms with van der Waals surface area (Å²) in [6.07, 6.45) is 8.17. The zero-order valence-electron chi connectivity index (χ0n) is 12.3. The molecule has 0 bridgehead atoms. The van der Waals surface area contributed by atoms with Crippen molar-refractivity contribution in [1.82, 2.24) is 15.1 Å². The van der Waals surface area contributed by atoms with Gasteiger partial charge < -0.3 is 9.73 Å². The average Bonchev–Trinajstić information content (AvgIpc) is 3.11. The molecule has 1 N–H and O–H groups in total. The number of nitrogens with zero attached hydrogens (tertiary/aromatic N) is 2. The molecule has 0 radical (unpaired) electrons. The van der Waals surface area contributed by atoms with E-state index in [1.54, 1.807) is 16.9 Å². The first-order chi connectivity index (χ1) is 10.2. The van der Waals surface area contributed by atoms with Crippen LogP contribution >= 0.6 is 0 Å². The number of rotatable bonds is 4. The van der Waals surface area contributed by atoms with Crippen LogP contribution in [-0.2, 0) is 6.54 Å². The Hall–Kier alpha value is -2.04. The molecule has 1 saturated carbocycles. The monoisotopic (exact) mass is 287 g/mol. The van der Waals surface area contributed by atoms with Crippen LogP contribution in [0.1, 0.15) is 48.9 Å². The van der Waals surface area contributed by atoms with Gasteiger partial charge in [0.25, 0.3) is 5.91 Å². The summed E-state index contributed by atoms with van der Waals surface area (Å²) in [6.45, 7) is 2.79. The summed E-state index contributed by atoms with van der Waals surface area (Å²) >= 11 is 0. The Morgan fingerprint density at radius 1 is 1.48 bits per heavy atom. The summed E-state index contributed by atoms with van der Waals surface area (Å²) in [5, 5.41) is 7.21. The fourth-order valence-corrected chi connectivity index (χ4v) is 2.96. The van der Waals surface area contributed by atoms with Gasteiger partial charge in [-0.1, -0.05) is 19.8 Å². The van der Waals surface area contributed by atoms with Crippen molar-refractivity contribution in [1.29, 1.82) is 0 Å². The summed E-state index contributed by atoms with van der Waals surface area (Å²) in [5.74, 6) is 1.70. The molecule has 1 amide bonds. The predicted molar refractivity (Wildman–Crippen MR) is 78.9 cm³/mol. The maximum absolute atomic E-state index is 12.2. The Bertz CT molecular complexity index is 588. The second-order valence-corrected chi connectivity index (χ2v) is 5.91. The third-order valence-electron chi connectivity index (χ3n) is 4.03. The lowest BCUT2D eigenvalue weighted by Crippen LogP contribution is -2.37. The standard InChI is InChI=1S/C16H21N3O2/c1-12-4-2-5-13(10-12)18-16(20)15-7-6-14(21-15)11-19-9-3-8-17-19/h3,6-9,12-13H,2,4-5,10-11H2,1H3,(H,18,20). The molecule has 5 heteroatoms. The number of aromatic nitrogens is 2. The van der Waals surface area contributed by atoms with Crippen molar-refractivity contribution in [2.24, 2.45) is 5.92 Å². The Labute approximate surface area is 124 Å². The number of hydrogen-bond donors (Lipinski definition) is 1. The van der Waals surface area contributed by atoms with Gasteiger partial charge in [0.1, 0.15) is 5.76 Å². The molecular weight excluding hydrogens is 266 g/mol. The van der Waals surface area contributed by atoms with Crippen LogP contribution in [0.5, 0.6) is 0 Å². The van der Waals surface area contributed by atoms with E-state index in [9.17, 15) is 4.79 Å². The molecule has 3 rings (SSSR count). The largest absolute Gasteiger partial charge is 0.454 e. The van der Waals surface area contributed by atoms with E-state index in [1.807, 2.05) is 18.3 Å². The first kappa shape index (κ1) is 13.9. The third-order valence-corrected chi connectivity index (χ3v) is 4.03. The summed E-state index contributed by atoms with van der Waals surface area (Å²) in [5.41, 5.74) is 0. The van der Waals surface area contributed by atoms with E-state index < -0.39 is 0 Å². The minimum atomic E-state index is -0.110. The van der Waals surface area contributed by atoms with Crippen molar-refractivity contribution in [2.45, 2.75) is 45.2 Å². The predicted octanol–water partition coefficient (Wildman–Crippen LogP) is 2.83. The quantitative estimate of drug-likeness (QED) is 0.940. The van der Waals surface area contributed by atoms with Crippen LogP contribution in [0.15, 0.2) is 35.0 Å². The van der Waals surface area contributed by atoms with Gasteiger partial charge in [0.2, 0.25) is 0 Å². The second-order valence-electron chi connectivity index (χ2n) is 5.91. The molecule has 2 atom stereocenters. The van der Waals surface area contributed by atoms with Crippen molar-refractivity contribution in [3.8, 4) is 0 Å². The Morgan fingerprint density at radius 3 is 3.14 bits per heavy atom. The molecule has 0 aliphatic heterocycles. The molecule has 1 aliphatic rings. The highest BCUT2D eigenvalue weighted by Crippen LogP contribution is 2.23. The Balaban J connectivity index is 1.58. The third kappa shape index (κ3) is 3.54. The van der Waals surface area contributed by atoms with Crippen molar-refractivity contribution >= 4 is 5.91 Å². The Morgan fingerprint density at radius 2 is 2.38 bits per heavy atom.